The SMILES string of the molecule is CCCNC(c1ccccc1Cl)C(OC)OC. The molecule has 0 aliphatic rings. The zero-order valence-electron chi connectivity index (χ0n) is 10.6. The summed E-state index contributed by atoms with van der Waals surface area (Å²) in [6.07, 6.45) is 0.697. The van der Waals surface area contributed by atoms with Gasteiger partial charge in [0.15, 0.2) is 6.29 Å². The number of rotatable bonds is 7. The molecule has 4 heteroatoms. The smallest absolute Gasteiger partial charge is 0.176 e. The molecule has 1 rings (SSSR count). The first-order valence-electron chi connectivity index (χ1n) is 5.78. The maximum atomic E-state index is 6.20. The average Bonchev–Trinajstić information content (AvgIpc) is 2.36. The Morgan fingerprint density at radius 1 is 1.24 bits per heavy atom. The van der Waals surface area contributed by atoms with Gasteiger partial charge in [-0.3, -0.25) is 0 Å². The standard InChI is InChI=1S/C13H20ClNO2/c1-4-9-15-12(13(16-2)17-3)10-7-5-6-8-11(10)14/h5-8,12-13,15H,4,9H2,1-3H3. The van der Waals surface area contributed by atoms with E-state index in [1.165, 1.54) is 0 Å². The summed E-state index contributed by atoms with van der Waals surface area (Å²) in [4.78, 5) is 0. The largest absolute Gasteiger partial charge is 0.354 e. The molecule has 3 nitrogen and oxygen atoms in total. The van der Waals surface area contributed by atoms with Crippen LogP contribution in [0.15, 0.2) is 24.3 Å². The highest BCUT2D eigenvalue weighted by Gasteiger charge is 2.23. The van der Waals surface area contributed by atoms with Crippen LogP contribution in [0, 0.1) is 0 Å². The molecule has 17 heavy (non-hydrogen) atoms. The Hall–Kier alpha value is -0.610. The molecule has 0 fully saturated rings. The predicted octanol–water partition coefficient (Wildman–Crippen LogP) is 3.00. The fourth-order valence-electron chi connectivity index (χ4n) is 1.75. The Balaban J connectivity index is 2.92. The molecule has 0 saturated carbocycles. The van der Waals surface area contributed by atoms with Crippen molar-refractivity contribution in [2.45, 2.75) is 25.7 Å². The molecule has 1 unspecified atom stereocenters. The molecule has 0 aliphatic carbocycles. The normalized spacial score (nSPS) is 13.0. The summed E-state index contributed by atoms with van der Waals surface area (Å²) in [5, 5.41) is 4.12. The predicted molar refractivity (Wildman–Crippen MR) is 70.3 cm³/mol. The van der Waals surface area contributed by atoms with Crippen molar-refractivity contribution in [1.29, 1.82) is 0 Å². The summed E-state index contributed by atoms with van der Waals surface area (Å²) >= 11 is 6.20. The summed E-state index contributed by atoms with van der Waals surface area (Å²) in [6, 6.07) is 7.68. The number of ether oxygens (including phenoxy) is 2. The van der Waals surface area contributed by atoms with Crippen LogP contribution in [0.1, 0.15) is 24.9 Å². The van der Waals surface area contributed by atoms with Crippen LogP contribution >= 0.6 is 11.6 Å². The van der Waals surface area contributed by atoms with Gasteiger partial charge in [-0.15, -0.1) is 0 Å². The summed E-state index contributed by atoms with van der Waals surface area (Å²) < 4.78 is 10.6. The third-order valence-electron chi connectivity index (χ3n) is 2.59. The Bertz CT molecular complexity index is 329. The van der Waals surface area contributed by atoms with Crippen LogP contribution in [0.25, 0.3) is 0 Å². The lowest BCUT2D eigenvalue weighted by Crippen LogP contribution is -2.35. The second-order valence-corrected chi connectivity index (χ2v) is 4.20. The second-order valence-electron chi connectivity index (χ2n) is 3.79. The number of hydrogen-bond acceptors (Lipinski definition) is 3. The fraction of sp³-hybridized carbons (Fsp3) is 0.538. The van der Waals surface area contributed by atoms with Crippen molar-refractivity contribution in [1.82, 2.24) is 5.32 Å². The van der Waals surface area contributed by atoms with Gasteiger partial charge in [0.05, 0.1) is 6.04 Å². The van der Waals surface area contributed by atoms with Gasteiger partial charge >= 0.3 is 0 Å². The lowest BCUT2D eigenvalue weighted by molar-refractivity contribution is -0.124. The second kappa shape index (κ2) is 7.67. The van der Waals surface area contributed by atoms with Gasteiger partial charge < -0.3 is 14.8 Å². The molecule has 0 amide bonds. The number of hydrogen-bond donors (Lipinski definition) is 1. The van der Waals surface area contributed by atoms with Gasteiger partial charge in [0.2, 0.25) is 0 Å². The first kappa shape index (κ1) is 14.5. The molecule has 0 heterocycles. The molecule has 1 atom stereocenters. The van der Waals surface area contributed by atoms with Crippen LogP contribution in [0.2, 0.25) is 5.02 Å². The Morgan fingerprint density at radius 2 is 1.88 bits per heavy atom. The van der Waals surface area contributed by atoms with Crippen molar-refractivity contribution < 1.29 is 9.47 Å². The van der Waals surface area contributed by atoms with Gasteiger partial charge in [0.25, 0.3) is 0 Å². The van der Waals surface area contributed by atoms with Crippen molar-refractivity contribution in [3.05, 3.63) is 34.9 Å². The van der Waals surface area contributed by atoms with E-state index in [0.717, 1.165) is 23.6 Å². The summed E-state index contributed by atoms with van der Waals surface area (Å²) in [6.45, 7) is 3.00. The van der Waals surface area contributed by atoms with E-state index in [4.69, 9.17) is 21.1 Å². The molecule has 0 aliphatic heterocycles. The molecular formula is C13H20ClNO2. The van der Waals surface area contributed by atoms with E-state index in [9.17, 15) is 0 Å². The molecule has 96 valence electrons. The topological polar surface area (TPSA) is 30.5 Å². The van der Waals surface area contributed by atoms with Gasteiger partial charge in [-0.2, -0.15) is 0 Å². The lowest BCUT2D eigenvalue weighted by Gasteiger charge is -2.26. The highest BCUT2D eigenvalue weighted by Crippen LogP contribution is 2.26. The summed E-state index contributed by atoms with van der Waals surface area (Å²) in [5.74, 6) is 0. The average molecular weight is 258 g/mol. The van der Waals surface area contributed by atoms with Gasteiger partial charge in [0, 0.05) is 19.2 Å². The van der Waals surface area contributed by atoms with Crippen LogP contribution in [-0.4, -0.2) is 27.1 Å². The first-order valence-corrected chi connectivity index (χ1v) is 6.15. The summed E-state index contributed by atoms with van der Waals surface area (Å²) in [5.41, 5.74) is 0.997. The minimum atomic E-state index is -0.346. The lowest BCUT2D eigenvalue weighted by atomic mass is 10.1. The van der Waals surface area contributed by atoms with E-state index in [0.29, 0.717) is 0 Å². The summed E-state index contributed by atoms with van der Waals surface area (Å²) in [7, 11) is 3.26. The van der Waals surface area contributed by atoms with Crippen LogP contribution in [-0.2, 0) is 9.47 Å². The van der Waals surface area contributed by atoms with Crippen molar-refractivity contribution in [3.8, 4) is 0 Å². The monoisotopic (exact) mass is 257 g/mol. The van der Waals surface area contributed by atoms with Gasteiger partial charge in [-0.25, -0.2) is 0 Å². The third kappa shape index (κ3) is 3.96. The maximum Gasteiger partial charge on any atom is 0.176 e. The molecule has 0 bridgehead atoms. The fourth-order valence-corrected chi connectivity index (χ4v) is 2.00. The van der Waals surface area contributed by atoms with E-state index < -0.39 is 0 Å². The third-order valence-corrected chi connectivity index (χ3v) is 2.94. The Labute approximate surface area is 108 Å². The minimum Gasteiger partial charge on any atom is -0.354 e. The molecule has 1 aromatic carbocycles. The van der Waals surface area contributed by atoms with Crippen LogP contribution < -0.4 is 5.32 Å². The zero-order valence-corrected chi connectivity index (χ0v) is 11.3. The zero-order chi connectivity index (χ0) is 12.7. The highest BCUT2D eigenvalue weighted by molar-refractivity contribution is 6.31. The molecule has 0 saturated heterocycles. The molecular weight excluding hydrogens is 238 g/mol. The van der Waals surface area contributed by atoms with Crippen LogP contribution in [0.5, 0.6) is 0 Å². The molecule has 0 aromatic heterocycles. The maximum absolute atomic E-state index is 6.20. The number of methoxy groups -OCH3 is 2. The van der Waals surface area contributed by atoms with E-state index in [1.807, 2.05) is 24.3 Å². The van der Waals surface area contributed by atoms with Crippen molar-refractivity contribution in [2.24, 2.45) is 0 Å². The van der Waals surface area contributed by atoms with E-state index >= 15 is 0 Å². The van der Waals surface area contributed by atoms with Crippen molar-refractivity contribution in [3.63, 3.8) is 0 Å². The van der Waals surface area contributed by atoms with Gasteiger partial charge in [-0.05, 0) is 24.6 Å². The molecule has 0 radical (unpaired) electrons. The van der Waals surface area contributed by atoms with Gasteiger partial charge in [0.1, 0.15) is 0 Å². The number of nitrogens with one attached hydrogen (secondary N) is 1. The van der Waals surface area contributed by atoms with Crippen molar-refractivity contribution in [2.75, 3.05) is 20.8 Å². The highest BCUT2D eigenvalue weighted by atomic mass is 35.5. The Kier molecular flexibility index (Phi) is 6.52. The number of halogens is 1. The van der Waals surface area contributed by atoms with Crippen LogP contribution in [0.4, 0.5) is 0 Å². The molecule has 1 aromatic rings. The first-order chi connectivity index (χ1) is 8.24. The number of benzene rings is 1. The van der Waals surface area contributed by atoms with Gasteiger partial charge in [-0.1, -0.05) is 36.7 Å². The van der Waals surface area contributed by atoms with E-state index in [-0.39, 0.29) is 12.3 Å². The molecule has 0 spiro atoms. The van der Waals surface area contributed by atoms with E-state index in [2.05, 4.69) is 12.2 Å². The quantitative estimate of drug-likeness (QED) is 0.762. The van der Waals surface area contributed by atoms with Crippen molar-refractivity contribution >= 4 is 11.6 Å². The molecule has 1 N–H and O–H groups in total. The van der Waals surface area contributed by atoms with Crippen LogP contribution in [0.3, 0.4) is 0 Å². The van der Waals surface area contributed by atoms with E-state index in [1.54, 1.807) is 14.2 Å². The minimum absolute atomic E-state index is 0.0568. The Morgan fingerprint density at radius 3 is 2.41 bits per heavy atom.